The van der Waals surface area contributed by atoms with Gasteiger partial charge in [-0.2, -0.15) is 0 Å². The van der Waals surface area contributed by atoms with Gasteiger partial charge in [0.25, 0.3) is 11.8 Å². The van der Waals surface area contributed by atoms with Gasteiger partial charge in [0, 0.05) is 32.0 Å². The molecule has 1 aromatic heterocycles. The molecule has 0 radical (unpaired) electrons. The van der Waals surface area contributed by atoms with E-state index < -0.39 is 53.1 Å². The number of anilines is 1. The smallest absolute Gasteiger partial charge is 0.275 e. The predicted molar refractivity (Wildman–Crippen MR) is 117 cm³/mol. The van der Waals surface area contributed by atoms with Crippen molar-refractivity contribution in [1.29, 1.82) is 0 Å². The number of ether oxygens (including phenoxy) is 1. The Bertz CT molecular complexity index is 1210. The van der Waals surface area contributed by atoms with Crippen LogP contribution in [-0.4, -0.2) is 75.8 Å². The van der Waals surface area contributed by atoms with Crippen molar-refractivity contribution in [3.8, 4) is 0 Å². The summed E-state index contributed by atoms with van der Waals surface area (Å²) in [6.45, 7) is 0.455. The second-order valence-electron chi connectivity index (χ2n) is 9.74. The van der Waals surface area contributed by atoms with Crippen LogP contribution in [0.5, 0.6) is 0 Å². The number of hydrogen-bond acceptors (Lipinski definition) is 6. The van der Waals surface area contributed by atoms with E-state index >= 15 is 0 Å². The maximum Gasteiger partial charge on any atom is 0.275 e. The Kier molecular flexibility index (Phi) is 5.39. The highest BCUT2D eigenvalue weighted by atomic mass is 19.1. The van der Waals surface area contributed by atoms with Crippen LogP contribution >= 0.6 is 0 Å². The summed E-state index contributed by atoms with van der Waals surface area (Å²) >= 11 is 0. The lowest BCUT2D eigenvalue weighted by molar-refractivity contribution is -0.140. The Labute approximate surface area is 203 Å². The van der Waals surface area contributed by atoms with Crippen LogP contribution in [0.3, 0.4) is 0 Å². The Hall–Kier alpha value is -3.28. The summed E-state index contributed by atoms with van der Waals surface area (Å²) in [6, 6.07) is 2.82. The normalized spacial score (nSPS) is 25.4. The fraction of sp³-hybridized carbons (Fsp3) is 0.500. The zero-order chi connectivity index (χ0) is 25.2. The summed E-state index contributed by atoms with van der Waals surface area (Å²) in [5.74, 6) is -3.03. The molecule has 0 unspecified atom stereocenters. The molecule has 6 rings (SSSR count). The van der Waals surface area contributed by atoms with Gasteiger partial charge in [0.1, 0.15) is 24.0 Å². The number of carbonyl (C=O) groups excluding carboxylic acids is 2. The maximum absolute atomic E-state index is 14.3. The minimum Gasteiger partial charge on any atom is -0.342 e. The molecule has 4 saturated heterocycles. The summed E-state index contributed by atoms with van der Waals surface area (Å²) in [4.78, 5) is 38.6. The number of likely N-dealkylation sites (tertiary alicyclic amines) is 1. The van der Waals surface area contributed by atoms with Crippen LogP contribution in [0.4, 0.5) is 23.5 Å². The Morgan fingerprint density at radius 1 is 1.06 bits per heavy atom. The minimum absolute atomic E-state index is 0.0930. The van der Waals surface area contributed by atoms with Crippen molar-refractivity contribution in [2.45, 2.75) is 49.7 Å². The lowest BCUT2D eigenvalue weighted by Crippen LogP contribution is -2.52. The van der Waals surface area contributed by atoms with E-state index in [2.05, 4.69) is 9.97 Å². The Morgan fingerprint density at radius 2 is 1.75 bits per heavy atom. The first-order valence-corrected chi connectivity index (χ1v) is 11.9. The quantitative estimate of drug-likeness (QED) is 0.597. The van der Waals surface area contributed by atoms with Gasteiger partial charge >= 0.3 is 0 Å². The largest absolute Gasteiger partial charge is 0.342 e. The van der Waals surface area contributed by atoms with Gasteiger partial charge in [-0.05, 0) is 30.5 Å². The summed E-state index contributed by atoms with van der Waals surface area (Å²) in [6.07, 6.45) is 1.05. The van der Waals surface area contributed by atoms with E-state index in [1.165, 1.54) is 17.0 Å². The molecule has 4 aliphatic rings. The first-order valence-electron chi connectivity index (χ1n) is 11.9. The molecule has 4 fully saturated rings. The topological polar surface area (TPSA) is 78.9 Å². The van der Waals surface area contributed by atoms with Gasteiger partial charge in [0.2, 0.25) is 5.95 Å². The Morgan fingerprint density at radius 3 is 2.42 bits per heavy atom. The fourth-order valence-electron chi connectivity index (χ4n) is 5.61. The average Bonchev–Trinajstić information content (AvgIpc) is 3.35. The van der Waals surface area contributed by atoms with E-state index in [9.17, 15) is 27.2 Å². The first kappa shape index (κ1) is 23.1. The zero-order valence-electron chi connectivity index (χ0n) is 19.2. The minimum atomic E-state index is -1.12. The number of piperidine rings is 1. The number of hydrogen-bond donors (Lipinski definition) is 0. The lowest BCUT2D eigenvalue weighted by Gasteiger charge is -2.38. The molecule has 1 spiro atoms. The number of halogens is 4. The molecule has 0 aliphatic carbocycles. The molecular formula is C24H23F4N5O3. The molecule has 8 nitrogen and oxygen atoms in total. The summed E-state index contributed by atoms with van der Waals surface area (Å²) < 4.78 is 61.2. The molecule has 2 amide bonds. The zero-order valence-corrected chi connectivity index (χ0v) is 19.2. The maximum atomic E-state index is 14.3. The number of alkyl halides is 1. The van der Waals surface area contributed by atoms with Crippen LogP contribution in [0.1, 0.15) is 47.8 Å². The summed E-state index contributed by atoms with van der Waals surface area (Å²) in [5, 5.41) is 0. The predicted octanol–water partition coefficient (Wildman–Crippen LogP) is 2.75. The van der Waals surface area contributed by atoms with Crippen LogP contribution in [0.15, 0.2) is 24.4 Å². The van der Waals surface area contributed by atoms with Crippen molar-refractivity contribution >= 4 is 17.8 Å². The third-order valence-corrected chi connectivity index (χ3v) is 7.50. The van der Waals surface area contributed by atoms with Crippen LogP contribution in [0.2, 0.25) is 0 Å². The number of benzene rings is 1. The van der Waals surface area contributed by atoms with Crippen molar-refractivity contribution in [1.82, 2.24) is 19.8 Å². The molecular weight excluding hydrogens is 482 g/mol. The standard InChI is InChI=1S/C24H23F4N5O3/c25-14-7-13(8-15(26)9-14)18-1-2-19-33(18)22(35)24(36-19)3-5-31(6-4-24)23-29-10-17(28)20(30-23)21(34)32-11-16(27)12-32/h7-10,16,18-19H,1-6,11-12H2/t18-,19+/m0/s1. The van der Waals surface area contributed by atoms with Gasteiger partial charge in [-0.15, -0.1) is 0 Å². The van der Waals surface area contributed by atoms with Crippen LogP contribution in [0, 0.1) is 17.5 Å². The molecule has 2 atom stereocenters. The average molecular weight is 505 g/mol. The number of amides is 2. The van der Waals surface area contributed by atoms with Crippen LogP contribution in [0.25, 0.3) is 0 Å². The molecule has 2 aromatic rings. The number of aromatic nitrogens is 2. The fourth-order valence-corrected chi connectivity index (χ4v) is 5.61. The highest BCUT2D eigenvalue weighted by Gasteiger charge is 2.58. The van der Waals surface area contributed by atoms with Gasteiger partial charge in [-0.25, -0.2) is 27.5 Å². The van der Waals surface area contributed by atoms with Crippen LogP contribution in [-0.2, 0) is 9.53 Å². The van der Waals surface area contributed by atoms with E-state index in [4.69, 9.17) is 4.74 Å². The molecule has 190 valence electrons. The van der Waals surface area contributed by atoms with Crippen molar-refractivity contribution in [2.24, 2.45) is 0 Å². The third-order valence-electron chi connectivity index (χ3n) is 7.50. The number of nitrogens with zero attached hydrogens (tertiary/aromatic N) is 5. The Balaban J connectivity index is 1.17. The SMILES string of the molecule is O=C(c1nc(N2CCC3(CC2)O[C@@H]2CC[C@@H](c4cc(F)cc(F)c4)N2C3=O)ncc1F)N1CC(F)C1. The van der Waals surface area contributed by atoms with Crippen molar-refractivity contribution in [3.63, 3.8) is 0 Å². The second-order valence-corrected chi connectivity index (χ2v) is 9.74. The molecule has 4 aliphatic heterocycles. The highest BCUT2D eigenvalue weighted by Crippen LogP contribution is 2.48. The number of carbonyl (C=O) groups is 2. The van der Waals surface area contributed by atoms with Gasteiger partial charge in [-0.1, -0.05) is 0 Å². The van der Waals surface area contributed by atoms with E-state index in [1.54, 1.807) is 9.80 Å². The molecule has 1 aromatic carbocycles. The van der Waals surface area contributed by atoms with E-state index in [1.807, 2.05) is 0 Å². The van der Waals surface area contributed by atoms with Crippen molar-refractivity contribution in [3.05, 3.63) is 53.1 Å². The molecule has 0 N–H and O–H groups in total. The number of fused-ring (bicyclic) bond motifs is 1. The monoisotopic (exact) mass is 505 g/mol. The number of rotatable bonds is 3. The summed E-state index contributed by atoms with van der Waals surface area (Å²) in [5.41, 5.74) is -1.08. The summed E-state index contributed by atoms with van der Waals surface area (Å²) in [7, 11) is 0. The van der Waals surface area contributed by atoms with E-state index in [0.717, 1.165) is 12.3 Å². The van der Waals surface area contributed by atoms with Crippen molar-refractivity contribution < 1.29 is 31.9 Å². The first-order chi connectivity index (χ1) is 17.2. The highest BCUT2D eigenvalue weighted by molar-refractivity contribution is 5.93. The van der Waals surface area contributed by atoms with Gasteiger partial charge < -0.3 is 19.4 Å². The van der Waals surface area contributed by atoms with Gasteiger partial charge in [0.15, 0.2) is 17.1 Å². The second kappa shape index (κ2) is 8.39. The van der Waals surface area contributed by atoms with Crippen molar-refractivity contribution in [2.75, 3.05) is 31.1 Å². The molecule has 12 heteroatoms. The lowest BCUT2D eigenvalue weighted by atomic mass is 9.89. The van der Waals surface area contributed by atoms with Crippen LogP contribution < -0.4 is 4.90 Å². The third kappa shape index (κ3) is 3.69. The molecule has 0 saturated carbocycles. The molecule has 0 bridgehead atoms. The van der Waals surface area contributed by atoms with Gasteiger partial charge in [-0.3, -0.25) is 9.59 Å². The van der Waals surface area contributed by atoms with E-state index in [0.29, 0.717) is 44.3 Å². The van der Waals surface area contributed by atoms with E-state index in [-0.39, 0.29) is 24.9 Å². The van der Waals surface area contributed by atoms with Gasteiger partial charge in [0.05, 0.1) is 25.3 Å². The molecule has 5 heterocycles. The molecule has 36 heavy (non-hydrogen) atoms.